The molecule has 1 unspecified atom stereocenters. The Bertz CT molecular complexity index is 1440. The van der Waals surface area contributed by atoms with Crippen LogP contribution in [0.3, 0.4) is 0 Å². The molecule has 1 atom stereocenters. The van der Waals surface area contributed by atoms with E-state index in [4.69, 9.17) is 19.3 Å². The van der Waals surface area contributed by atoms with Crippen molar-refractivity contribution in [2.45, 2.75) is 51.0 Å². The lowest BCUT2D eigenvalue weighted by Gasteiger charge is -2.22. The SMILES string of the molecule is O=C(O)CC1COc2cc(OCc3cc4c(cc3F)CCCc3cc(OCC5CCS(=O)CC5)ccc3-4)ccc21. The molecule has 2 heterocycles. The summed E-state index contributed by atoms with van der Waals surface area (Å²) in [5, 5.41) is 9.12. The van der Waals surface area contributed by atoms with E-state index in [-0.39, 0.29) is 24.8 Å². The molecule has 6 nitrogen and oxygen atoms in total. The van der Waals surface area contributed by atoms with Gasteiger partial charge in [-0.3, -0.25) is 9.00 Å². The van der Waals surface area contributed by atoms with Gasteiger partial charge in [-0.05, 0) is 90.6 Å². The van der Waals surface area contributed by atoms with Gasteiger partial charge >= 0.3 is 5.97 Å². The summed E-state index contributed by atoms with van der Waals surface area (Å²) < 4.78 is 44.6. The topological polar surface area (TPSA) is 82.1 Å². The minimum Gasteiger partial charge on any atom is -0.493 e. The second-order valence-corrected chi connectivity index (χ2v) is 12.7. The third kappa shape index (κ3) is 5.87. The second-order valence-electron chi connectivity index (χ2n) is 11.0. The largest absolute Gasteiger partial charge is 0.493 e. The number of carboxylic acids is 1. The number of benzene rings is 3. The van der Waals surface area contributed by atoms with E-state index >= 15 is 4.39 Å². The zero-order valence-electron chi connectivity index (χ0n) is 22.3. The number of ether oxygens (including phenoxy) is 3. The van der Waals surface area contributed by atoms with Crippen molar-refractivity contribution in [3.05, 3.63) is 76.6 Å². The molecule has 40 heavy (non-hydrogen) atoms. The van der Waals surface area contributed by atoms with Crippen LogP contribution in [0.5, 0.6) is 17.2 Å². The maximum absolute atomic E-state index is 15.1. The number of halogens is 1. The smallest absolute Gasteiger partial charge is 0.304 e. The highest BCUT2D eigenvalue weighted by Crippen LogP contribution is 2.39. The van der Waals surface area contributed by atoms with E-state index in [1.807, 2.05) is 18.2 Å². The van der Waals surface area contributed by atoms with Crippen LogP contribution in [-0.2, 0) is 35.0 Å². The molecule has 8 heteroatoms. The second kappa shape index (κ2) is 11.6. The molecule has 0 saturated carbocycles. The van der Waals surface area contributed by atoms with Crippen LogP contribution >= 0.6 is 0 Å². The van der Waals surface area contributed by atoms with Gasteiger partial charge in [-0.1, -0.05) is 12.1 Å². The van der Waals surface area contributed by atoms with E-state index in [1.165, 1.54) is 5.56 Å². The molecule has 0 spiro atoms. The summed E-state index contributed by atoms with van der Waals surface area (Å²) in [5.41, 5.74) is 5.67. The number of aryl methyl sites for hydroxylation is 2. The van der Waals surface area contributed by atoms with Gasteiger partial charge in [0.1, 0.15) is 29.7 Å². The number of fused-ring (bicyclic) bond motifs is 4. The Morgan fingerprint density at radius 1 is 0.975 bits per heavy atom. The number of carboxylic acid groups (broad SMARTS) is 1. The average Bonchev–Trinajstić information content (AvgIpc) is 3.24. The normalized spacial score (nSPS) is 21.4. The van der Waals surface area contributed by atoms with Crippen LogP contribution in [0.2, 0.25) is 0 Å². The third-order valence-electron chi connectivity index (χ3n) is 8.20. The highest BCUT2D eigenvalue weighted by Gasteiger charge is 2.27. The van der Waals surface area contributed by atoms with E-state index in [0.29, 0.717) is 36.2 Å². The summed E-state index contributed by atoms with van der Waals surface area (Å²) in [7, 11) is -0.668. The summed E-state index contributed by atoms with van der Waals surface area (Å²) in [6.07, 6.45) is 4.56. The van der Waals surface area contributed by atoms with Crippen LogP contribution in [0.25, 0.3) is 11.1 Å². The molecular weight excluding hydrogens is 531 g/mol. The number of rotatable bonds is 8. The van der Waals surface area contributed by atoms with E-state index < -0.39 is 16.8 Å². The predicted octanol–water partition coefficient (Wildman–Crippen LogP) is 6.05. The molecule has 6 rings (SSSR count). The Labute approximate surface area is 235 Å². The first-order chi connectivity index (χ1) is 19.4. The Kier molecular flexibility index (Phi) is 7.78. The number of aliphatic carboxylic acids is 1. The zero-order chi connectivity index (χ0) is 27.6. The molecule has 210 valence electrons. The zero-order valence-corrected chi connectivity index (χ0v) is 23.1. The number of hydrogen-bond acceptors (Lipinski definition) is 5. The maximum atomic E-state index is 15.1. The summed E-state index contributed by atoms with van der Waals surface area (Å²) in [6, 6.07) is 15.1. The van der Waals surface area contributed by atoms with Crippen molar-refractivity contribution in [2.75, 3.05) is 24.7 Å². The lowest BCUT2D eigenvalue weighted by atomic mass is 9.94. The van der Waals surface area contributed by atoms with Crippen molar-refractivity contribution < 1.29 is 32.7 Å². The van der Waals surface area contributed by atoms with Gasteiger partial charge in [0.05, 0.1) is 19.6 Å². The lowest BCUT2D eigenvalue weighted by Crippen LogP contribution is -2.23. The van der Waals surface area contributed by atoms with Crippen LogP contribution in [0, 0.1) is 11.7 Å². The highest BCUT2D eigenvalue weighted by molar-refractivity contribution is 7.85. The molecule has 1 fully saturated rings. The summed E-state index contributed by atoms with van der Waals surface area (Å²) in [6.45, 7) is 1.05. The third-order valence-corrected chi connectivity index (χ3v) is 9.59. The first-order valence-electron chi connectivity index (χ1n) is 14.0. The number of hydrogen-bond donors (Lipinski definition) is 1. The van der Waals surface area contributed by atoms with Crippen LogP contribution in [0.1, 0.15) is 53.9 Å². The molecule has 3 aromatic carbocycles. The van der Waals surface area contributed by atoms with E-state index in [1.54, 1.807) is 18.2 Å². The Balaban J connectivity index is 1.17. The van der Waals surface area contributed by atoms with Gasteiger partial charge in [-0.2, -0.15) is 0 Å². The average molecular weight is 565 g/mol. The van der Waals surface area contributed by atoms with Gasteiger partial charge in [-0.15, -0.1) is 0 Å². The van der Waals surface area contributed by atoms with Crippen molar-refractivity contribution in [3.63, 3.8) is 0 Å². The van der Waals surface area contributed by atoms with Crippen LogP contribution in [0.4, 0.5) is 4.39 Å². The van der Waals surface area contributed by atoms with Crippen LogP contribution < -0.4 is 14.2 Å². The monoisotopic (exact) mass is 564 g/mol. The van der Waals surface area contributed by atoms with E-state index in [9.17, 15) is 9.00 Å². The van der Waals surface area contributed by atoms with Gasteiger partial charge in [0.15, 0.2) is 0 Å². The molecule has 1 aliphatic carbocycles. The molecule has 2 aliphatic heterocycles. The highest BCUT2D eigenvalue weighted by atomic mass is 32.2. The van der Waals surface area contributed by atoms with Crippen molar-refractivity contribution in [2.24, 2.45) is 5.92 Å². The molecular formula is C32H33FO6S. The van der Waals surface area contributed by atoms with E-state index in [2.05, 4.69) is 12.1 Å². The van der Waals surface area contributed by atoms with Crippen molar-refractivity contribution >= 4 is 16.8 Å². The first kappa shape index (κ1) is 26.8. The van der Waals surface area contributed by atoms with Crippen molar-refractivity contribution in [1.29, 1.82) is 0 Å². The lowest BCUT2D eigenvalue weighted by molar-refractivity contribution is -0.137. The fourth-order valence-electron chi connectivity index (χ4n) is 5.94. The molecule has 0 radical (unpaired) electrons. The molecule has 0 aromatic heterocycles. The predicted molar refractivity (Wildman–Crippen MR) is 151 cm³/mol. The molecule has 3 aromatic rings. The molecule has 0 amide bonds. The molecule has 0 bridgehead atoms. The van der Waals surface area contributed by atoms with Gasteiger partial charge in [-0.25, -0.2) is 4.39 Å². The van der Waals surface area contributed by atoms with Crippen molar-refractivity contribution in [3.8, 4) is 28.4 Å². The number of carbonyl (C=O) groups is 1. The maximum Gasteiger partial charge on any atom is 0.304 e. The van der Waals surface area contributed by atoms with Crippen LogP contribution in [-0.4, -0.2) is 40.0 Å². The minimum atomic E-state index is -0.857. The van der Waals surface area contributed by atoms with Crippen molar-refractivity contribution in [1.82, 2.24) is 0 Å². The Morgan fingerprint density at radius 2 is 1.73 bits per heavy atom. The fraction of sp³-hybridized carbons (Fsp3) is 0.406. The van der Waals surface area contributed by atoms with Gasteiger partial charge < -0.3 is 19.3 Å². The quantitative estimate of drug-likeness (QED) is 0.359. The molecule has 1 N–H and O–H groups in total. The van der Waals surface area contributed by atoms with Gasteiger partial charge in [0, 0.05) is 45.4 Å². The van der Waals surface area contributed by atoms with Gasteiger partial charge in [0.25, 0.3) is 0 Å². The molecule has 1 saturated heterocycles. The summed E-state index contributed by atoms with van der Waals surface area (Å²) in [4.78, 5) is 11.1. The summed E-state index contributed by atoms with van der Waals surface area (Å²) in [5.74, 6) is 2.70. The summed E-state index contributed by atoms with van der Waals surface area (Å²) >= 11 is 0. The fourth-order valence-corrected chi connectivity index (χ4v) is 7.33. The Hall–Kier alpha value is -3.39. The Morgan fingerprint density at radius 3 is 2.52 bits per heavy atom. The van der Waals surface area contributed by atoms with Crippen LogP contribution in [0.15, 0.2) is 48.5 Å². The minimum absolute atomic E-state index is 0.0202. The first-order valence-corrected chi connectivity index (χ1v) is 15.5. The van der Waals surface area contributed by atoms with E-state index in [0.717, 1.165) is 71.6 Å². The molecule has 3 aliphatic rings. The van der Waals surface area contributed by atoms with Gasteiger partial charge in [0.2, 0.25) is 0 Å². The standard InChI is InChI=1S/C32H33FO6S/c33-30-14-22-3-1-2-21-12-25(37-17-20-8-10-40(36)11-9-20)4-6-27(21)29(22)13-24(30)19-38-26-5-7-28-23(15-32(34)35)18-39-31(28)16-26/h4-7,12-14,16,20,23H,1-3,8-11,15,17-19H2,(H,34,35).